The number of rotatable bonds is 6. The Morgan fingerprint density at radius 1 is 1.24 bits per heavy atom. The first-order valence-electron chi connectivity index (χ1n) is 9.65. The largest absolute Gasteiger partial charge is 0.455 e. The Morgan fingerprint density at radius 2 is 1.94 bits per heavy atom. The zero-order valence-corrected chi connectivity index (χ0v) is 17.2. The van der Waals surface area contributed by atoms with E-state index >= 15 is 0 Å². The van der Waals surface area contributed by atoms with Crippen LogP contribution < -0.4 is 10.2 Å². The molecule has 0 aliphatic carbocycles. The third kappa shape index (κ3) is 5.45. The molecule has 0 radical (unpaired) electrons. The van der Waals surface area contributed by atoms with E-state index in [9.17, 15) is 37.7 Å². The summed E-state index contributed by atoms with van der Waals surface area (Å²) in [5, 5.41) is 13.2. The van der Waals surface area contributed by atoms with Gasteiger partial charge in [0.05, 0.1) is 27.8 Å². The summed E-state index contributed by atoms with van der Waals surface area (Å²) in [7, 11) is 0. The maximum absolute atomic E-state index is 13.0. The van der Waals surface area contributed by atoms with E-state index in [1.807, 2.05) is 0 Å². The van der Waals surface area contributed by atoms with Crippen LogP contribution in [-0.4, -0.2) is 35.9 Å². The van der Waals surface area contributed by atoms with Crippen molar-refractivity contribution in [2.45, 2.75) is 19.5 Å². The van der Waals surface area contributed by atoms with E-state index in [1.54, 1.807) is 6.92 Å². The Balaban J connectivity index is 1.60. The molecule has 1 aliphatic heterocycles. The van der Waals surface area contributed by atoms with Gasteiger partial charge in [0.25, 0.3) is 11.6 Å². The molecule has 1 atom stereocenters. The minimum atomic E-state index is -4.68. The minimum absolute atomic E-state index is 0.115. The molecule has 0 aromatic heterocycles. The monoisotopic (exact) mass is 465 g/mol. The molecule has 2 aromatic rings. The highest BCUT2D eigenvalue weighted by Crippen LogP contribution is 2.34. The molecule has 0 spiro atoms. The van der Waals surface area contributed by atoms with Gasteiger partial charge < -0.3 is 15.0 Å². The maximum Gasteiger partial charge on any atom is 0.418 e. The molecule has 1 heterocycles. The fraction of sp³-hybridized carbons (Fsp3) is 0.286. The van der Waals surface area contributed by atoms with Gasteiger partial charge in [-0.2, -0.15) is 13.2 Å². The van der Waals surface area contributed by atoms with Crippen LogP contribution in [0.1, 0.15) is 17.5 Å². The number of nitro benzene ring substituents is 1. The Kier molecular flexibility index (Phi) is 6.65. The molecule has 33 heavy (non-hydrogen) atoms. The van der Waals surface area contributed by atoms with Crippen molar-refractivity contribution in [1.29, 1.82) is 0 Å². The Morgan fingerprint density at radius 3 is 2.61 bits per heavy atom. The molecule has 3 rings (SSSR count). The van der Waals surface area contributed by atoms with Crippen LogP contribution in [0.3, 0.4) is 0 Å². The van der Waals surface area contributed by atoms with Gasteiger partial charge in [0, 0.05) is 24.6 Å². The number of alkyl halides is 3. The number of para-hydroxylation sites is 1. The predicted octanol–water partition coefficient (Wildman–Crippen LogP) is 3.46. The van der Waals surface area contributed by atoms with Gasteiger partial charge in [-0.15, -0.1) is 0 Å². The molecule has 0 unspecified atom stereocenters. The van der Waals surface area contributed by atoms with E-state index in [0.29, 0.717) is 5.56 Å². The lowest BCUT2D eigenvalue weighted by atomic mass is 10.1. The van der Waals surface area contributed by atoms with Crippen molar-refractivity contribution < 1.29 is 37.2 Å². The van der Waals surface area contributed by atoms with Crippen molar-refractivity contribution >= 4 is 34.8 Å². The van der Waals surface area contributed by atoms with Crippen molar-refractivity contribution in [3.05, 3.63) is 63.7 Å². The summed E-state index contributed by atoms with van der Waals surface area (Å²) in [4.78, 5) is 48.4. The summed E-state index contributed by atoms with van der Waals surface area (Å²) in [5.74, 6) is -3.26. The summed E-state index contributed by atoms with van der Waals surface area (Å²) in [6.07, 6.45) is -4.92. The zero-order chi connectivity index (χ0) is 24.3. The van der Waals surface area contributed by atoms with Gasteiger partial charge in [0.15, 0.2) is 6.61 Å². The van der Waals surface area contributed by atoms with E-state index in [1.165, 1.54) is 35.2 Å². The lowest BCUT2D eigenvalue weighted by Crippen LogP contribution is -2.28. The Bertz CT molecular complexity index is 1120. The number of hydrogen-bond acceptors (Lipinski definition) is 6. The van der Waals surface area contributed by atoms with E-state index in [4.69, 9.17) is 4.74 Å². The second kappa shape index (κ2) is 9.27. The average molecular weight is 465 g/mol. The van der Waals surface area contributed by atoms with Crippen LogP contribution in [0.2, 0.25) is 0 Å². The van der Waals surface area contributed by atoms with Gasteiger partial charge in [-0.3, -0.25) is 24.5 Å². The predicted molar refractivity (Wildman–Crippen MR) is 109 cm³/mol. The number of nitrogens with one attached hydrogen (secondary N) is 1. The number of carbonyl (C=O) groups is 3. The van der Waals surface area contributed by atoms with Crippen molar-refractivity contribution in [3.63, 3.8) is 0 Å². The van der Waals surface area contributed by atoms with Crippen molar-refractivity contribution in [2.24, 2.45) is 5.92 Å². The normalized spacial score (nSPS) is 15.9. The number of aryl methyl sites for hydroxylation is 1. The van der Waals surface area contributed by atoms with Crippen LogP contribution in [0.15, 0.2) is 42.5 Å². The quantitative estimate of drug-likeness (QED) is 0.397. The van der Waals surface area contributed by atoms with Crippen LogP contribution in [0.25, 0.3) is 0 Å². The van der Waals surface area contributed by atoms with E-state index in [2.05, 4.69) is 5.32 Å². The summed E-state index contributed by atoms with van der Waals surface area (Å²) >= 11 is 0. The number of nitro groups is 1. The first kappa shape index (κ1) is 23.7. The first-order valence-corrected chi connectivity index (χ1v) is 9.65. The highest BCUT2D eigenvalue weighted by atomic mass is 19.4. The third-order valence-electron chi connectivity index (χ3n) is 5.01. The summed E-state index contributed by atoms with van der Waals surface area (Å²) in [6.45, 7) is 0.591. The SMILES string of the molecule is Cc1ccc(N2C[C@@H](C(=O)OCC(=O)Nc3ccccc3C(F)(F)F)CC2=O)cc1[N+](=O)[O-]. The summed E-state index contributed by atoms with van der Waals surface area (Å²) in [5.41, 5.74) is -1.05. The number of anilines is 2. The Hall–Kier alpha value is -3.96. The molecular formula is C21H18F3N3O6. The summed E-state index contributed by atoms with van der Waals surface area (Å²) < 4.78 is 43.9. The number of esters is 1. The van der Waals surface area contributed by atoms with Crippen LogP contribution in [0.5, 0.6) is 0 Å². The molecule has 2 aromatic carbocycles. The van der Waals surface area contributed by atoms with Gasteiger partial charge in [0.2, 0.25) is 5.91 Å². The zero-order valence-electron chi connectivity index (χ0n) is 17.2. The fourth-order valence-corrected chi connectivity index (χ4v) is 3.36. The number of carbonyl (C=O) groups excluding carboxylic acids is 3. The smallest absolute Gasteiger partial charge is 0.418 e. The van der Waals surface area contributed by atoms with Gasteiger partial charge in [-0.05, 0) is 25.1 Å². The highest BCUT2D eigenvalue weighted by Gasteiger charge is 2.37. The molecule has 0 saturated carbocycles. The highest BCUT2D eigenvalue weighted by molar-refractivity contribution is 6.00. The second-order valence-electron chi connectivity index (χ2n) is 7.33. The van der Waals surface area contributed by atoms with Crippen molar-refractivity contribution in [1.82, 2.24) is 0 Å². The Labute approximate surface area is 185 Å². The molecule has 0 bridgehead atoms. The summed E-state index contributed by atoms with van der Waals surface area (Å²) in [6, 6.07) is 8.57. The number of nitrogens with zero attached hydrogens (tertiary/aromatic N) is 2. The average Bonchev–Trinajstić information content (AvgIpc) is 3.13. The number of halogens is 3. The second-order valence-corrected chi connectivity index (χ2v) is 7.33. The standard InChI is InChI=1S/C21H18F3N3O6/c1-12-6-7-14(9-17(12)27(31)32)26-10-13(8-19(26)29)20(30)33-11-18(28)25-16-5-3-2-4-15(16)21(22,23)24/h2-7,9,13H,8,10-11H2,1H3,(H,25,28)/t13-/m0/s1. The first-order chi connectivity index (χ1) is 15.5. The molecule has 1 fully saturated rings. The molecule has 12 heteroatoms. The van der Waals surface area contributed by atoms with Crippen LogP contribution in [0, 0.1) is 23.0 Å². The van der Waals surface area contributed by atoms with Crippen LogP contribution in [-0.2, 0) is 25.3 Å². The lowest BCUT2D eigenvalue weighted by molar-refractivity contribution is -0.385. The lowest BCUT2D eigenvalue weighted by Gasteiger charge is -2.17. The molecule has 2 amide bonds. The van der Waals surface area contributed by atoms with Crippen molar-refractivity contribution in [2.75, 3.05) is 23.4 Å². The molecule has 174 valence electrons. The maximum atomic E-state index is 13.0. The third-order valence-corrected chi connectivity index (χ3v) is 5.01. The van der Waals surface area contributed by atoms with Gasteiger partial charge in [-0.1, -0.05) is 18.2 Å². The fourth-order valence-electron chi connectivity index (χ4n) is 3.36. The molecule has 9 nitrogen and oxygen atoms in total. The van der Waals surface area contributed by atoms with Crippen molar-refractivity contribution in [3.8, 4) is 0 Å². The van der Waals surface area contributed by atoms with Gasteiger partial charge >= 0.3 is 12.1 Å². The minimum Gasteiger partial charge on any atom is -0.455 e. The van der Waals surface area contributed by atoms with Crippen LogP contribution in [0.4, 0.5) is 30.2 Å². The molecule has 1 saturated heterocycles. The van der Waals surface area contributed by atoms with Gasteiger partial charge in [-0.25, -0.2) is 0 Å². The van der Waals surface area contributed by atoms with E-state index in [0.717, 1.165) is 12.1 Å². The number of hydrogen-bond donors (Lipinski definition) is 1. The van der Waals surface area contributed by atoms with Gasteiger partial charge in [0.1, 0.15) is 0 Å². The van der Waals surface area contributed by atoms with E-state index in [-0.39, 0.29) is 24.3 Å². The van der Waals surface area contributed by atoms with E-state index < -0.39 is 52.7 Å². The molecular weight excluding hydrogens is 447 g/mol. The number of amides is 2. The molecule has 1 N–H and O–H groups in total. The molecule has 1 aliphatic rings. The number of ether oxygens (including phenoxy) is 1. The number of benzene rings is 2. The topological polar surface area (TPSA) is 119 Å². The van der Waals surface area contributed by atoms with Crippen LogP contribution >= 0.6 is 0 Å².